The fourth-order valence-corrected chi connectivity index (χ4v) is 2.80. The molecule has 0 fully saturated rings. The van der Waals surface area contributed by atoms with Crippen LogP contribution >= 0.6 is 0 Å². The molecule has 0 spiro atoms. The monoisotopic (exact) mass is 409 g/mol. The number of halogens is 5. The lowest BCUT2D eigenvalue weighted by molar-refractivity contribution is 0.0962. The van der Waals surface area contributed by atoms with Crippen LogP contribution in [-0.2, 0) is 10.0 Å². The fourth-order valence-electron chi connectivity index (χ4n) is 1.90. The number of carbonyl (C=O) groups excluding carboxylic acids is 1. The summed E-state index contributed by atoms with van der Waals surface area (Å²) in [6.07, 6.45) is 0. The highest BCUT2D eigenvalue weighted by Gasteiger charge is 2.26. The summed E-state index contributed by atoms with van der Waals surface area (Å²) in [5, 5.41) is 0. The van der Waals surface area contributed by atoms with E-state index >= 15 is 0 Å². The van der Waals surface area contributed by atoms with Crippen molar-refractivity contribution in [3.8, 4) is 0 Å². The van der Waals surface area contributed by atoms with Crippen LogP contribution in [0.3, 0.4) is 0 Å². The Hall–Kier alpha value is -2.73. The van der Waals surface area contributed by atoms with E-state index < -0.39 is 50.7 Å². The molecule has 2 aromatic carbocycles. The van der Waals surface area contributed by atoms with Crippen molar-refractivity contribution in [3.63, 3.8) is 0 Å². The maximum absolute atomic E-state index is 13.5. The third-order valence-electron chi connectivity index (χ3n) is 3.41. The Morgan fingerprint density at radius 1 is 0.852 bits per heavy atom. The second-order valence-electron chi connectivity index (χ2n) is 5.34. The lowest BCUT2D eigenvalue weighted by Gasteiger charge is -2.13. The average Bonchev–Trinajstić information content (AvgIpc) is 2.64. The summed E-state index contributed by atoms with van der Waals surface area (Å²) in [6.45, 7) is 0. The number of hydrazine groups is 1. The van der Waals surface area contributed by atoms with Crippen LogP contribution in [0.1, 0.15) is 10.4 Å². The summed E-state index contributed by atoms with van der Waals surface area (Å²) in [6, 6.07) is 4.43. The molecule has 0 saturated heterocycles. The summed E-state index contributed by atoms with van der Waals surface area (Å²) >= 11 is 0. The van der Waals surface area contributed by atoms with Gasteiger partial charge < -0.3 is 0 Å². The van der Waals surface area contributed by atoms with E-state index in [-0.39, 0.29) is 10.5 Å². The largest absolute Gasteiger partial charge is 0.293 e. The van der Waals surface area contributed by atoms with Crippen LogP contribution in [0.4, 0.5) is 27.6 Å². The molecule has 2 N–H and O–H groups in total. The second-order valence-corrected chi connectivity index (χ2v) is 7.49. The first-order chi connectivity index (χ1) is 12.5. The molecule has 0 aromatic heterocycles. The molecule has 0 aliphatic carbocycles. The van der Waals surface area contributed by atoms with Crippen LogP contribution in [0.2, 0.25) is 0 Å². The van der Waals surface area contributed by atoms with Crippen LogP contribution in [0.15, 0.2) is 29.2 Å². The van der Waals surface area contributed by atoms with Crippen LogP contribution < -0.4 is 10.9 Å². The van der Waals surface area contributed by atoms with Gasteiger partial charge in [0.15, 0.2) is 23.3 Å². The number of sulfonamides is 1. The number of carbonyl (C=O) groups is 1. The van der Waals surface area contributed by atoms with Gasteiger partial charge in [-0.3, -0.25) is 15.6 Å². The van der Waals surface area contributed by atoms with Crippen LogP contribution in [0.5, 0.6) is 0 Å². The Bertz CT molecular complexity index is 966. The van der Waals surface area contributed by atoms with E-state index in [0.717, 1.165) is 28.6 Å². The topological polar surface area (TPSA) is 78.5 Å². The van der Waals surface area contributed by atoms with Gasteiger partial charge in [-0.1, -0.05) is 0 Å². The highest BCUT2D eigenvalue weighted by Crippen LogP contribution is 2.26. The van der Waals surface area contributed by atoms with Gasteiger partial charge in [-0.15, -0.1) is 0 Å². The highest BCUT2D eigenvalue weighted by molar-refractivity contribution is 7.89. The maximum Gasteiger partial charge on any atom is 0.269 e. The van der Waals surface area contributed by atoms with Crippen LogP contribution in [0.25, 0.3) is 0 Å². The predicted octanol–water partition coefficient (Wildman–Crippen LogP) is 2.39. The number of hydrogen-bond acceptors (Lipinski definition) is 4. The molecule has 1 amide bonds. The molecule has 2 rings (SSSR count). The number of nitrogens with one attached hydrogen (secondary N) is 2. The Morgan fingerprint density at radius 3 is 1.74 bits per heavy atom. The number of benzene rings is 2. The van der Waals surface area contributed by atoms with Crippen molar-refractivity contribution in [1.29, 1.82) is 0 Å². The molecule has 0 heterocycles. The minimum atomic E-state index is -3.73. The molecular weight excluding hydrogens is 397 g/mol. The number of hydrogen-bond donors (Lipinski definition) is 2. The molecule has 2 aromatic rings. The molecule has 146 valence electrons. The van der Waals surface area contributed by atoms with Crippen molar-refractivity contribution in [2.75, 3.05) is 19.5 Å². The number of nitrogens with zero attached hydrogens (tertiary/aromatic N) is 1. The Kier molecular flexibility index (Phi) is 5.70. The van der Waals surface area contributed by atoms with Crippen molar-refractivity contribution in [1.82, 2.24) is 9.73 Å². The van der Waals surface area contributed by atoms with Crippen LogP contribution in [0, 0.1) is 29.1 Å². The van der Waals surface area contributed by atoms with E-state index in [2.05, 4.69) is 0 Å². The highest BCUT2D eigenvalue weighted by atomic mass is 32.2. The molecule has 0 bridgehead atoms. The van der Waals surface area contributed by atoms with Gasteiger partial charge in [0, 0.05) is 19.7 Å². The van der Waals surface area contributed by atoms with Crippen molar-refractivity contribution >= 4 is 21.6 Å². The molecule has 12 heteroatoms. The van der Waals surface area contributed by atoms with Crippen molar-refractivity contribution < 1.29 is 35.2 Å². The Balaban J connectivity index is 2.20. The summed E-state index contributed by atoms with van der Waals surface area (Å²) in [5.74, 6) is -12.0. The standard InChI is InChI=1S/C15H12F5N3O3S/c1-23(2)27(25,26)8-5-3-7(4-6-8)15(24)22-21-14-12(19)10(17)9(16)11(18)13(14)20/h3-6,21H,1-2H3,(H,22,24). The summed E-state index contributed by atoms with van der Waals surface area (Å²) in [7, 11) is -1.11. The molecular formula is C15H12F5N3O3S. The normalized spacial score (nSPS) is 11.6. The molecule has 6 nitrogen and oxygen atoms in total. The third-order valence-corrected chi connectivity index (χ3v) is 5.24. The van der Waals surface area contributed by atoms with E-state index in [0.29, 0.717) is 0 Å². The zero-order valence-electron chi connectivity index (χ0n) is 13.8. The predicted molar refractivity (Wildman–Crippen MR) is 84.6 cm³/mol. The van der Waals surface area contributed by atoms with Gasteiger partial charge in [-0.2, -0.15) is 0 Å². The minimum Gasteiger partial charge on any atom is -0.293 e. The smallest absolute Gasteiger partial charge is 0.269 e. The average molecular weight is 409 g/mol. The first-order valence-electron chi connectivity index (χ1n) is 7.08. The number of anilines is 1. The Labute approximate surface area is 150 Å². The van der Waals surface area contributed by atoms with Gasteiger partial charge in [0.1, 0.15) is 5.69 Å². The number of rotatable bonds is 5. The van der Waals surface area contributed by atoms with Gasteiger partial charge >= 0.3 is 0 Å². The zero-order chi connectivity index (χ0) is 20.5. The van der Waals surface area contributed by atoms with E-state index in [1.807, 2.05) is 0 Å². The molecule has 0 radical (unpaired) electrons. The van der Waals surface area contributed by atoms with E-state index in [4.69, 9.17) is 0 Å². The van der Waals surface area contributed by atoms with Gasteiger partial charge in [0.2, 0.25) is 15.8 Å². The molecule has 0 unspecified atom stereocenters. The molecule has 0 aliphatic heterocycles. The third kappa shape index (κ3) is 3.85. The van der Waals surface area contributed by atoms with Crippen LogP contribution in [-0.4, -0.2) is 32.7 Å². The van der Waals surface area contributed by atoms with Gasteiger partial charge in [-0.25, -0.2) is 34.7 Å². The van der Waals surface area contributed by atoms with Crippen molar-refractivity contribution in [2.24, 2.45) is 0 Å². The SMILES string of the molecule is CN(C)S(=O)(=O)c1ccc(C(=O)NNc2c(F)c(F)c(F)c(F)c2F)cc1. The first-order valence-corrected chi connectivity index (χ1v) is 8.52. The van der Waals surface area contributed by atoms with Gasteiger partial charge in [-0.05, 0) is 24.3 Å². The van der Waals surface area contributed by atoms with E-state index in [9.17, 15) is 35.2 Å². The molecule has 27 heavy (non-hydrogen) atoms. The quantitative estimate of drug-likeness (QED) is 0.344. The van der Waals surface area contributed by atoms with Crippen molar-refractivity contribution in [3.05, 3.63) is 58.9 Å². The minimum absolute atomic E-state index is 0.114. The van der Waals surface area contributed by atoms with E-state index in [1.54, 1.807) is 10.9 Å². The number of amides is 1. The maximum atomic E-state index is 13.5. The first kappa shape index (κ1) is 20.6. The van der Waals surface area contributed by atoms with Gasteiger partial charge in [0.05, 0.1) is 4.90 Å². The summed E-state index contributed by atoms with van der Waals surface area (Å²) < 4.78 is 91.0. The lowest BCUT2D eigenvalue weighted by Crippen LogP contribution is -2.31. The van der Waals surface area contributed by atoms with Crippen molar-refractivity contribution in [2.45, 2.75) is 4.90 Å². The van der Waals surface area contributed by atoms with E-state index in [1.165, 1.54) is 14.1 Å². The Morgan fingerprint density at radius 2 is 1.30 bits per heavy atom. The summed E-state index contributed by atoms with van der Waals surface area (Å²) in [5.41, 5.74) is 1.82. The molecule has 0 atom stereocenters. The molecule has 0 aliphatic rings. The fraction of sp³-hybridized carbons (Fsp3) is 0.133. The van der Waals surface area contributed by atoms with Gasteiger partial charge in [0.25, 0.3) is 5.91 Å². The summed E-state index contributed by atoms with van der Waals surface area (Å²) in [4.78, 5) is 11.8. The molecule has 0 saturated carbocycles. The lowest BCUT2D eigenvalue weighted by atomic mass is 10.2. The zero-order valence-corrected chi connectivity index (χ0v) is 14.6. The second kappa shape index (κ2) is 7.48.